The van der Waals surface area contributed by atoms with Crippen molar-refractivity contribution in [3.8, 4) is 11.8 Å². The van der Waals surface area contributed by atoms with Crippen molar-refractivity contribution in [2.75, 3.05) is 0 Å². The average molecular weight is 379 g/mol. The number of rotatable bonds is 5. The first-order valence-corrected chi connectivity index (χ1v) is 9.30. The Labute approximate surface area is 169 Å². The van der Waals surface area contributed by atoms with Crippen LogP contribution in [0.25, 0.3) is 22.4 Å². The summed E-state index contributed by atoms with van der Waals surface area (Å²) in [5, 5.41) is 12.0. The quantitative estimate of drug-likeness (QED) is 0.288. The fraction of sp³-hybridized carbons (Fsp3) is 0.0385. The average Bonchev–Trinajstić information content (AvgIpc) is 2.76. The first-order valence-electron chi connectivity index (χ1n) is 9.30. The summed E-state index contributed by atoms with van der Waals surface area (Å²) in [4.78, 5) is 0. The lowest BCUT2D eigenvalue weighted by Gasteiger charge is -2.10. The number of ether oxygens (including phenoxy) is 1. The van der Waals surface area contributed by atoms with Crippen LogP contribution in [0.4, 0.5) is 4.39 Å². The van der Waals surface area contributed by atoms with E-state index in [4.69, 9.17) is 4.74 Å². The minimum atomic E-state index is -0.289. The van der Waals surface area contributed by atoms with Crippen LogP contribution in [0.5, 0.6) is 5.75 Å². The number of fused-ring (bicyclic) bond motifs is 1. The number of benzene rings is 4. The van der Waals surface area contributed by atoms with Gasteiger partial charge in [-0.2, -0.15) is 5.26 Å². The normalized spacial score (nSPS) is 11.2. The van der Waals surface area contributed by atoms with Crippen molar-refractivity contribution in [2.24, 2.45) is 0 Å². The van der Waals surface area contributed by atoms with Crippen molar-refractivity contribution < 1.29 is 9.13 Å². The number of nitriles is 1. The Morgan fingerprint density at radius 1 is 0.862 bits per heavy atom. The van der Waals surface area contributed by atoms with Crippen LogP contribution in [-0.2, 0) is 6.61 Å². The van der Waals surface area contributed by atoms with Crippen LogP contribution in [-0.4, -0.2) is 0 Å². The lowest BCUT2D eigenvalue weighted by molar-refractivity contribution is 0.305. The van der Waals surface area contributed by atoms with Gasteiger partial charge in [0, 0.05) is 5.56 Å². The molecule has 0 unspecified atom stereocenters. The molecule has 0 spiro atoms. The van der Waals surface area contributed by atoms with Gasteiger partial charge in [0.1, 0.15) is 18.2 Å². The molecule has 29 heavy (non-hydrogen) atoms. The van der Waals surface area contributed by atoms with Crippen LogP contribution in [0.15, 0.2) is 91.0 Å². The second-order valence-electron chi connectivity index (χ2n) is 6.69. The maximum absolute atomic E-state index is 13.4. The molecule has 0 aromatic heterocycles. The molecule has 4 rings (SSSR count). The summed E-state index contributed by atoms with van der Waals surface area (Å²) in [5.41, 5.74) is 2.95. The van der Waals surface area contributed by atoms with E-state index in [1.165, 1.54) is 12.1 Å². The van der Waals surface area contributed by atoms with E-state index < -0.39 is 0 Å². The summed E-state index contributed by atoms with van der Waals surface area (Å²) in [6.07, 6.45) is 1.82. The third-order valence-corrected chi connectivity index (χ3v) is 4.68. The van der Waals surface area contributed by atoms with Gasteiger partial charge in [-0.25, -0.2) is 4.39 Å². The molecule has 0 heterocycles. The Kier molecular flexibility index (Phi) is 5.36. The van der Waals surface area contributed by atoms with Crippen LogP contribution in [0.1, 0.15) is 16.7 Å². The van der Waals surface area contributed by atoms with Gasteiger partial charge in [0.05, 0.1) is 11.6 Å². The predicted octanol–water partition coefficient (Wildman–Crippen LogP) is 6.62. The molecule has 0 fully saturated rings. The Morgan fingerprint density at radius 2 is 1.66 bits per heavy atom. The van der Waals surface area contributed by atoms with Crippen molar-refractivity contribution in [3.63, 3.8) is 0 Å². The van der Waals surface area contributed by atoms with Gasteiger partial charge in [0.15, 0.2) is 0 Å². The van der Waals surface area contributed by atoms with E-state index in [9.17, 15) is 9.65 Å². The third kappa shape index (κ3) is 4.34. The number of hydrogen-bond acceptors (Lipinski definition) is 2. The van der Waals surface area contributed by atoms with Gasteiger partial charge in [-0.05, 0) is 52.2 Å². The van der Waals surface area contributed by atoms with E-state index >= 15 is 0 Å². The molecular formula is C26H18FNO. The maximum atomic E-state index is 13.4. The Balaban J connectivity index is 1.64. The second kappa shape index (κ2) is 8.41. The van der Waals surface area contributed by atoms with Crippen LogP contribution in [0.2, 0.25) is 0 Å². The molecule has 2 nitrogen and oxygen atoms in total. The number of nitrogens with zero attached hydrogens (tertiary/aromatic N) is 1. The third-order valence-electron chi connectivity index (χ3n) is 4.68. The lowest BCUT2D eigenvalue weighted by Crippen LogP contribution is -1.97. The Bertz CT molecular complexity index is 1240. The minimum absolute atomic E-state index is 0.250. The van der Waals surface area contributed by atoms with E-state index in [0.29, 0.717) is 11.3 Å². The molecule has 0 bridgehead atoms. The molecule has 4 aromatic carbocycles. The molecule has 0 aliphatic heterocycles. The predicted molar refractivity (Wildman–Crippen MR) is 115 cm³/mol. The molecule has 140 valence electrons. The van der Waals surface area contributed by atoms with Crippen LogP contribution >= 0.6 is 0 Å². The SMILES string of the molecule is N#C/C(=C/c1ccccc1OCc1cccc(F)c1)c1ccc2ccccc2c1. The highest BCUT2D eigenvalue weighted by Crippen LogP contribution is 2.27. The fourth-order valence-electron chi connectivity index (χ4n) is 3.21. The van der Waals surface area contributed by atoms with E-state index in [1.54, 1.807) is 6.07 Å². The van der Waals surface area contributed by atoms with E-state index in [1.807, 2.05) is 78.9 Å². The molecule has 3 heteroatoms. The van der Waals surface area contributed by atoms with Crippen LogP contribution in [0.3, 0.4) is 0 Å². The first-order chi connectivity index (χ1) is 14.2. The fourth-order valence-corrected chi connectivity index (χ4v) is 3.21. The molecule has 0 atom stereocenters. The van der Waals surface area contributed by atoms with Crippen molar-refractivity contribution in [3.05, 3.63) is 114 Å². The molecule has 0 amide bonds. The van der Waals surface area contributed by atoms with Gasteiger partial charge in [0.25, 0.3) is 0 Å². The summed E-state index contributed by atoms with van der Waals surface area (Å²) in [6, 6.07) is 30.2. The summed E-state index contributed by atoms with van der Waals surface area (Å²) in [7, 11) is 0. The molecule has 4 aromatic rings. The van der Waals surface area contributed by atoms with Gasteiger partial charge >= 0.3 is 0 Å². The monoisotopic (exact) mass is 379 g/mol. The van der Waals surface area contributed by atoms with Crippen molar-refractivity contribution in [1.29, 1.82) is 5.26 Å². The summed E-state index contributed by atoms with van der Waals surface area (Å²) in [6.45, 7) is 0.250. The zero-order valence-electron chi connectivity index (χ0n) is 15.7. The summed E-state index contributed by atoms with van der Waals surface area (Å²) < 4.78 is 19.3. The highest BCUT2D eigenvalue weighted by Gasteiger charge is 2.07. The number of allylic oxidation sites excluding steroid dienone is 1. The van der Waals surface area contributed by atoms with Gasteiger partial charge in [0.2, 0.25) is 0 Å². The Morgan fingerprint density at radius 3 is 2.48 bits per heavy atom. The van der Waals surface area contributed by atoms with E-state index in [0.717, 1.165) is 27.5 Å². The minimum Gasteiger partial charge on any atom is -0.488 e. The highest BCUT2D eigenvalue weighted by molar-refractivity contribution is 5.94. The maximum Gasteiger partial charge on any atom is 0.127 e. The van der Waals surface area contributed by atoms with Crippen molar-refractivity contribution in [2.45, 2.75) is 6.61 Å². The second-order valence-corrected chi connectivity index (χ2v) is 6.69. The number of hydrogen-bond donors (Lipinski definition) is 0. The van der Waals surface area contributed by atoms with Gasteiger partial charge in [-0.15, -0.1) is 0 Å². The molecule has 0 radical (unpaired) electrons. The van der Waals surface area contributed by atoms with Gasteiger partial charge < -0.3 is 4.74 Å². The zero-order valence-corrected chi connectivity index (χ0v) is 15.7. The summed E-state index contributed by atoms with van der Waals surface area (Å²) >= 11 is 0. The molecule has 0 saturated carbocycles. The zero-order chi connectivity index (χ0) is 20.1. The van der Waals surface area contributed by atoms with Gasteiger partial charge in [-0.3, -0.25) is 0 Å². The highest BCUT2D eigenvalue weighted by atomic mass is 19.1. The lowest BCUT2D eigenvalue weighted by atomic mass is 10.00. The topological polar surface area (TPSA) is 33.0 Å². The molecule has 0 saturated heterocycles. The largest absolute Gasteiger partial charge is 0.488 e. The smallest absolute Gasteiger partial charge is 0.127 e. The number of para-hydroxylation sites is 1. The van der Waals surface area contributed by atoms with Crippen molar-refractivity contribution >= 4 is 22.4 Å². The first kappa shape index (κ1) is 18.5. The molecule has 0 N–H and O–H groups in total. The standard InChI is InChI=1S/C26H18FNO/c27-25-10-5-6-19(14-25)18-29-26-11-4-3-9-23(26)16-24(17-28)22-13-12-20-7-1-2-8-21(20)15-22/h1-16H,18H2/b24-16-. The van der Waals surface area contributed by atoms with E-state index in [-0.39, 0.29) is 12.4 Å². The Hall–Kier alpha value is -3.90. The molecule has 0 aliphatic carbocycles. The van der Waals surface area contributed by atoms with Crippen LogP contribution < -0.4 is 4.74 Å². The van der Waals surface area contributed by atoms with Gasteiger partial charge in [-0.1, -0.05) is 66.7 Å². The molecule has 0 aliphatic rings. The summed E-state index contributed by atoms with van der Waals surface area (Å²) in [5.74, 6) is 0.354. The van der Waals surface area contributed by atoms with Crippen molar-refractivity contribution in [1.82, 2.24) is 0 Å². The van der Waals surface area contributed by atoms with E-state index in [2.05, 4.69) is 6.07 Å². The molecular weight excluding hydrogens is 361 g/mol. The van der Waals surface area contributed by atoms with Crippen LogP contribution in [0, 0.1) is 17.1 Å². The number of halogens is 1.